The average Bonchev–Trinajstić information content (AvgIpc) is 2.61. The van der Waals surface area contributed by atoms with Crippen molar-refractivity contribution in [2.45, 2.75) is 13.0 Å². The molecule has 0 aliphatic heterocycles. The number of hydrogen-bond acceptors (Lipinski definition) is 2. The van der Waals surface area contributed by atoms with E-state index < -0.39 is 0 Å². The van der Waals surface area contributed by atoms with E-state index in [0.717, 1.165) is 11.1 Å². The van der Waals surface area contributed by atoms with E-state index in [9.17, 15) is 4.79 Å². The van der Waals surface area contributed by atoms with Crippen LogP contribution in [-0.4, -0.2) is 10.6 Å². The Morgan fingerprint density at radius 3 is 2.93 bits per heavy atom. The first-order valence-corrected chi connectivity index (χ1v) is 4.85. The first-order valence-electron chi connectivity index (χ1n) is 4.85. The second-order valence-corrected chi connectivity index (χ2v) is 3.61. The number of aliphatic imine (C=N–C) groups is 1. The topological polar surface area (TPSA) is 34.4 Å². The highest BCUT2D eigenvalue weighted by Gasteiger charge is 2.09. The molecular weight excluding hydrogens is 188 g/mol. The van der Waals surface area contributed by atoms with E-state index in [4.69, 9.17) is 0 Å². The number of nitrogens with zero attached hydrogens (tertiary/aromatic N) is 2. The highest BCUT2D eigenvalue weighted by atomic mass is 16.1. The Balaban J connectivity index is 2.69. The lowest BCUT2D eigenvalue weighted by atomic mass is 10.1. The van der Waals surface area contributed by atoms with Gasteiger partial charge in [-0.2, -0.15) is 4.99 Å². The third-order valence-corrected chi connectivity index (χ3v) is 2.63. The summed E-state index contributed by atoms with van der Waals surface area (Å²) < 4.78 is 2.04. The number of aromatic nitrogens is 1. The lowest BCUT2D eigenvalue weighted by Crippen LogP contribution is -1.95. The van der Waals surface area contributed by atoms with Crippen LogP contribution in [0.5, 0.6) is 0 Å². The minimum absolute atomic E-state index is 0.139. The molecule has 3 nitrogen and oxygen atoms in total. The van der Waals surface area contributed by atoms with E-state index in [1.165, 1.54) is 5.39 Å². The van der Waals surface area contributed by atoms with Gasteiger partial charge in [-0.1, -0.05) is 18.2 Å². The molecule has 1 aromatic carbocycles. The normalized spacial score (nSPS) is 12.4. The molecule has 1 unspecified atom stereocenters. The van der Waals surface area contributed by atoms with Gasteiger partial charge in [0.05, 0.1) is 11.6 Å². The van der Waals surface area contributed by atoms with Gasteiger partial charge in [0.25, 0.3) is 0 Å². The Morgan fingerprint density at radius 2 is 2.20 bits per heavy atom. The molecule has 0 saturated heterocycles. The molecule has 1 atom stereocenters. The standard InChI is InChI=1S/C12H12N2O/c1-9(13-8-15)11-5-3-4-10-6-7-14(2)12(10)11/h3-7,9H,1-2H3. The molecule has 1 heterocycles. The summed E-state index contributed by atoms with van der Waals surface area (Å²) in [6.45, 7) is 1.90. The smallest absolute Gasteiger partial charge is 0.235 e. The number of para-hydroxylation sites is 1. The highest BCUT2D eigenvalue weighted by Crippen LogP contribution is 2.26. The predicted octanol–water partition coefficient (Wildman–Crippen LogP) is 2.58. The molecule has 0 N–H and O–H groups in total. The SMILES string of the molecule is CC(N=C=O)c1cccc2ccn(C)c12. The Labute approximate surface area is 88.0 Å². The fraction of sp³-hybridized carbons (Fsp3) is 0.250. The van der Waals surface area contributed by atoms with Crippen LogP contribution >= 0.6 is 0 Å². The fourth-order valence-electron chi connectivity index (χ4n) is 1.87. The number of rotatable bonds is 2. The summed E-state index contributed by atoms with van der Waals surface area (Å²) in [7, 11) is 1.99. The van der Waals surface area contributed by atoms with E-state index in [1.807, 2.05) is 36.9 Å². The van der Waals surface area contributed by atoms with Crippen molar-refractivity contribution in [3.63, 3.8) is 0 Å². The van der Waals surface area contributed by atoms with Gasteiger partial charge in [-0.05, 0) is 18.4 Å². The lowest BCUT2D eigenvalue weighted by Gasteiger charge is -2.08. The van der Waals surface area contributed by atoms with Crippen molar-refractivity contribution in [3.05, 3.63) is 36.0 Å². The van der Waals surface area contributed by atoms with Gasteiger partial charge >= 0.3 is 0 Å². The molecule has 1 aromatic heterocycles. The Hall–Kier alpha value is -1.86. The van der Waals surface area contributed by atoms with Crippen LogP contribution in [0.2, 0.25) is 0 Å². The molecule has 0 saturated carbocycles. The molecule has 0 amide bonds. The van der Waals surface area contributed by atoms with E-state index in [1.54, 1.807) is 6.08 Å². The summed E-state index contributed by atoms with van der Waals surface area (Å²) in [6, 6.07) is 7.94. The summed E-state index contributed by atoms with van der Waals surface area (Å²) in [4.78, 5) is 14.0. The zero-order valence-electron chi connectivity index (χ0n) is 8.77. The molecule has 0 aliphatic carbocycles. The zero-order valence-corrected chi connectivity index (χ0v) is 8.77. The summed E-state index contributed by atoms with van der Waals surface area (Å²) in [5, 5.41) is 1.17. The van der Waals surface area contributed by atoms with E-state index in [0.29, 0.717) is 0 Å². The summed E-state index contributed by atoms with van der Waals surface area (Å²) in [6.07, 6.45) is 3.61. The van der Waals surface area contributed by atoms with E-state index in [2.05, 4.69) is 17.1 Å². The summed E-state index contributed by atoms with van der Waals surface area (Å²) >= 11 is 0. The van der Waals surface area contributed by atoms with Gasteiger partial charge in [-0.15, -0.1) is 0 Å². The first-order chi connectivity index (χ1) is 7.24. The van der Waals surface area contributed by atoms with Crippen LogP contribution in [0.25, 0.3) is 10.9 Å². The van der Waals surface area contributed by atoms with Crippen molar-refractivity contribution in [1.29, 1.82) is 0 Å². The fourth-order valence-corrected chi connectivity index (χ4v) is 1.87. The number of aryl methyl sites for hydroxylation is 1. The summed E-state index contributed by atoms with van der Waals surface area (Å²) in [5.41, 5.74) is 2.19. The Morgan fingerprint density at radius 1 is 1.40 bits per heavy atom. The molecule has 2 rings (SSSR count). The quantitative estimate of drug-likeness (QED) is 0.542. The van der Waals surface area contributed by atoms with Crippen LogP contribution in [0.3, 0.4) is 0 Å². The number of carbonyl (C=O) groups excluding carboxylic acids is 1. The van der Waals surface area contributed by atoms with Crippen LogP contribution in [-0.2, 0) is 11.8 Å². The van der Waals surface area contributed by atoms with Gasteiger partial charge in [0, 0.05) is 18.8 Å². The molecule has 2 aromatic rings. The number of benzene rings is 1. The molecule has 3 heteroatoms. The van der Waals surface area contributed by atoms with Gasteiger partial charge < -0.3 is 4.57 Å². The van der Waals surface area contributed by atoms with Crippen molar-refractivity contribution >= 4 is 17.0 Å². The molecular formula is C12H12N2O. The average molecular weight is 200 g/mol. The molecule has 0 spiro atoms. The first kappa shape index (κ1) is 9.69. The second kappa shape index (κ2) is 3.71. The number of hydrogen-bond donors (Lipinski definition) is 0. The largest absolute Gasteiger partial charge is 0.350 e. The maximum absolute atomic E-state index is 10.2. The maximum atomic E-state index is 10.2. The number of isocyanates is 1. The van der Waals surface area contributed by atoms with Crippen LogP contribution in [0.1, 0.15) is 18.5 Å². The third-order valence-electron chi connectivity index (χ3n) is 2.63. The number of fused-ring (bicyclic) bond motifs is 1. The van der Waals surface area contributed by atoms with Crippen LogP contribution < -0.4 is 0 Å². The second-order valence-electron chi connectivity index (χ2n) is 3.61. The monoisotopic (exact) mass is 200 g/mol. The van der Waals surface area contributed by atoms with Crippen molar-refractivity contribution in [2.75, 3.05) is 0 Å². The van der Waals surface area contributed by atoms with Gasteiger partial charge in [0.2, 0.25) is 6.08 Å². The highest BCUT2D eigenvalue weighted by molar-refractivity contribution is 5.83. The van der Waals surface area contributed by atoms with Crippen molar-refractivity contribution in [2.24, 2.45) is 12.0 Å². The zero-order chi connectivity index (χ0) is 10.8. The van der Waals surface area contributed by atoms with E-state index in [-0.39, 0.29) is 6.04 Å². The minimum Gasteiger partial charge on any atom is -0.350 e. The molecule has 15 heavy (non-hydrogen) atoms. The molecule has 0 fully saturated rings. The van der Waals surface area contributed by atoms with Gasteiger partial charge in [-0.3, -0.25) is 0 Å². The van der Waals surface area contributed by atoms with Crippen molar-refractivity contribution in [1.82, 2.24) is 4.57 Å². The third kappa shape index (κ3) is 1.58. The predicted molar refractivity (Wildman–Crippen MR) is 59.5 cm³/mol. The lowest BCUT2D eigenvalue weighted by molar-refractivity contribution is 0.559. The summed E-state index contributed by atoms with van der Waals surface area (Å²) in [5.74, 6) is 0. The van der Waals surface area contributed by atoms with Crippen LogP contribution in [0, 0.1) is 0 Å². The Bertz CT molecular complexity index is 536. The molecule has 0 radical (unpaired) electrons. The molecule has 0 bridgehead atoms. The molecule has 76 valence electrons. The minimum atomic E-state index is -0.139. The van der Waals surface area contributed by atoms with Crippen molar-refractivity contribution < 1.29 is 4.79 Å². The van der Waals surface area contributed by atoms with Gasteiger partial charge in [-0.25, -0.2) is 4.79 Å². The van der Waals surface area contributed by atoms with Gasteiger partial charge in [0.1, 0.15) is 0 Å². The van der Waals surface area contributed by atoms with Crippen LogP contribution in [0.15, 0.2) is 35.5 Å². The maximum Gasteiger partial charge on any atom is 0.235 e. The van der Waals surface area contributed by atoms with E-state index >= 15 is 0 Å². The van der Waals surface area contributed by atoms with Gasteiger partial charge in [0.15, 0.2) is 0 Å². The molecule has 0 aliphatic rings. The van der Waals surface area contributed by atoms with Crippen LogP contribution in [0.4, 0.5) is 0 Å². The Kier molecular flexibility index (Phi) is 2.40. The van der Waals surface area contributed by atoms with Crippen molar-refractivity contribution in [3.8, 4) is 0 Å².